The number of ether oxygens (including phenoxy) is 1. The van der Waals surface area contributed by atoms with Gasteiger partial charge in [-0.1, -0.05) is 17.7 Å². The molecule has 0 saturated carbocycles. The first-order chi connectivity index (χ1) is 12.6. The second kappa shape index (κ2) is 8.96. The lowest BCUT2D eigenvalue weighted by Crippen LogP contribution is -2.34. The van der Waals surface area contributed by atoms with Crippen molar-refractivity contribution < 1.29 is 13.9 Å². The minimum Gasteiger partial charge on any atom is -0.489 e. The van der Waals surface area contributed by atoms with E-state index in [4.69, 9.17) is 16.3 Å². The van der Waals surface area contributed by atoms with Crippen LogP contribution in [0.2, 0.25) is 5.02 Å². The molecule has 2 aromatic rings. The number of benzene rings is 1. The Morgan fingerprint density at radius 3 is 2.88 bits per heavy atom. The van der Waals surface area contributed by atoms with Crippen molar-refractivity contribution in [2.75, 3.05) is 19.6 Å². The number of piperidine rings is 1. The number of nitrogens with zero attached hydrogens (tertiary/aromatic N) is 1. The molecule has 1 aliphatic heterocycles. The van der Waals surface area contributed by atoms with Crippen LogP contribution < -0.4 is 15.4 Å². The Morgan fingerprint density at radius 2 is 2.12 bits per heavy atom. The molecule has 2 heterocycles. The third kappa shape index (κ3) is 5.16. The Hall–Kier alpha value is -2.18. The molecule has 1 aromatic heterocycles. The van der Waals surface area contributed by atoms with Crippen molar-refractivity contribution in [2.45, 2.75) is 25.4 Å². The highest BCUT2D eigenvalue weighted by atomic mass is 35.5. The van der Waals surface area contributed by atoms with Crippen molar-refractivity contribution in [3.05, 3.63) is 58.6 Å². The fourth-order valence-electron chi connectivity index (χ4n) is 2.85. The van der Waals surface area contributed by atoms with Gasteiger partial charge in [0.05, 0.1) is 11.8 Å². The number of hydrogen-bond donors (Lipinski definition) is 2. The fraction of sp³-hybridized carbons (Fsp3) is 0.368. The summed E-state index contributed by atoms with van der Waals surface area (Å²) in [6, 6.07) is 5.95. The quantitative estimate of drug-likeness (QED) is 0.812. The van der Waals surface area contributed by atoms with Crippen LogP contribution in [-0.4, -0.2) is 36.6 Å². The van der Waals surface area contributed by atoms with Crippen LogP contribution in [0.1, 0.15) is 28.8 Å². The van der Waals surface area contributed by atoms with E-state index >= 15 is 0 Å². The van der Waals surface area contributed by atoms with Gasteiger partial charge in [0.2, 0.25) is 0 Å². The van der Waals surface area contributed by atoms with Gasteiger partial charge < -0.3 is 15.4 Å². The molecule has 1 fully saturated rings. The van der Waals surface area contributed by atoms with Gasteiger partial charge in [0, 0.05) is 17.8 Å². The standard InChI is InChI=1S/C19H21ClFN3O2/c20-18-10-15(21)2-1-13(18)3-8-24-19(25)14-9-17(12-23-11-14)26-16-4-6-22-7-5-16/h1-2,9-12,16,22H,3-8H2,(H,24,25). The lowest BCUT2D eigenvalue weighted by atomic mass is 10.1. The summed E-state index contributed by atoms with van der Waals surface area (Å²) in [5.74, 6) is -0.00274. The van der Waals surface area contributed by atoms with E-state index in [1.54, 1.807) is 18.3 Å². The van der Waals surface area contributed by atoms with E-state index in [-0.39, 0.29) is 17.8 Å². The van der Waals surface area contributed by atoms with Gasteiger partial charge in [0.15, 0.2) is 0 Å². The van der Waals surface area contributed by atoms with Crippen LogP contribution in [0.3, 0.4) is 0 Å². The minimum absolute atomic E-state index is 0.150. The Balaban J connectivity index is 1.53. The summed E-state index contributed by atoms with van der Waals surface area (Å²) in [6.07, 6.45) is 5.68. The summed E-state index contributed by atoms with van der Waals surface area (Å²) < 4.78 is 19.0. The zero-order valence-electron chi connectivity index (χ0n) is 14.3. The van der Waals surface area contributed by atoms with Crippen molar-refractivity contribution in [2.24, 2.45) is 0 Å². The SMILES string of the molecule is O=C(NCCc1ccc(F)cc1Cl)c1cncc(OC2CCNCC2)c1. The Bertz CT molecular complexity index is 766. The Morgan fingerprint density at radius 1 is 1.31 bits per heavy atom. The number of hydrogen-bond acceptors (Lipinski definition) is 4. The van der Waals surface area contributed by atoms with Crippen molar-refractivity contribution >= 4 is 17.5 Å². The molecule has 3 rings (SSSR count). The maximum Gasteiger partial charge on any atom is 0.252 e. The summed E-state index contributed by atoms with van der Waals surface area (Å²) in [4.78, 5) is 16.4. The van der Waals surface area contributed by atoms with E-state index < -0.39 is 0 Å². The van der Waals surface area contributed by atoms with Gasteiger partial charge in [-0.25, -0.2) is 4.39 Å². The number of nitrogens with one attached hydrogen (secondary N) is 2. The topological polar surface area (TPSA) is 63.2 Å². The van der Waals surface area contributed by atoms with Crippen LogP contribution in [0.15, 0.2) is 36.7 Å². The van der Waals surface area contributed by atoms with Crippen molar-refractivity contribution in [3.8, 4) is 5.75 Å². The summed E-state index contributed by atoms with van der Waals surface area (Å²) in [5.41, 5.74) is 1.23. The molecule has 0 bridgehead atoms. The van der Waals surface area contributed by atoms with Gasteiger partial charge in [-0.05, 0) is 56.1 Å². The predicted molar refractivity (Wildman–Crippen MR) is 98.2 cm³/mol. The smallest absolute Gasteiger partial charge is 0.252 e. The second-order valence-corrected chi connectivity index (χ2v) is 6.63. The van der Waals surface area contributed by atoms with Crippen LogP contribution in [0.25, 0.3) is 0 Å². The number of pyridine rings is 1. The molecular weight excluding hydrogens is 357 g/mol. The van der Waals surface area contributed by atoms with E-state index in [0.29, 0.717) is 29.3 Å². The normalized spacial score (nSPS) is 14.8. The third-order valence-electron chi connectivity index (χ3n) is 4.26. The van der Waals surface area contributed by atoms with Crippen LogP contribution in [0.5, 0.6) is 5.75 Å². The largest absolute Gasteiger partial charge is 0.489 e. The molecule has 5 nitrogen and oxygen atoms in total. The fourth-order valence-corrected chi connectivity index (χ4v) is 3.11. The number of halogens is 2. The van der Waals surface area contributed by atoms with Gasteiger partial charge in [0.1, 0.15) is 17.7 Å². The first-order valence-electron chi connectivity index (χ1n) is 8.66. The third-order valence-corrected chi connectivity index (χ3v) is 4.61. The van der Waals surface area contributed by atoms with Gasteiger partial charge in [-0.3, -0.25) is 9.78 Å². The summed E-state index contributed by atoms with van der Waals surface area (Å²) in [7, 11) is 0. The number of amides is 1. The molecule has 26 heavy (non-hydrogen) atoms. The van der Waals surface area contributed by atoms with E-state index in [0.717, 1.165) is 31.5 Å². The summed E-state index contributed by atoms with van der Waals surface area (Å²) >= 11 is 5.99. The Labute approximate surface area is 156 Å². The highest BCUT2D eigenvalue weighted by molar-refractivity contribution is 6.31. The number of aromatic nitrogens is 1. The maximum absolute atomic E-state index is 13.0. The van der Waals surface area contributed by atoms with Crippen molar-refractivity contribution in [3.63, 3.8) is 0 Å². The zero-order chi connectivity index (χ0) is 18.4. The molecule has 1 amide bonds. The minimum atomic E-state index is -0.376. The molecule has 0 unspecified atom stereocenters. The molecule has 138 valence electrons. The van der Waals surface area contributed by atoms with Gasteiger partial charge in [-0.2, -0.15) is 0 Å². The van der Waals surface area contributed by atoms with Crippen LogP contribution in [0, 0.1) is 5.82 Å². The van der Waals surface area contributed by atoms with Crippen molar-refractivity contribution in [1.29, 1.82) is 0 Å². The monoisotopic (exact) mass is 377 g/mol. The van der Waals surface area contributed by atoms with Gasteiger partial charge >= 0.3 is 0 Å². The lowest BCUT2D eigenvalue weighted by molar-refractivity contribution is 0.0952. The first kappa shape index (κ1) is 18.6. The molecule has 1 aromatic carbocycles. The predicted octanol–water partition coefficient (Wildman–Crippen LogP) is 2.98. The average Bonchev–Trinajstić information content (AvgIpc) is 2.64. The zero-order valence-corrected chi connectivity index (χ0v) is 15.1. The van der Waals surface area contributed by atoms with Crippen LogP contribution >= 0.6 is 11.6 Å². The summed E-state index contributed by atoms with van der Waals surface area (Å²) in [5, 5.41) is 6.47. The maximum atomic E-state index is 13.0. The molecule has 1 saturated heterocycles. The highest BCUT2D eigenvalue weighted by Crippen LogP contribution is 2.18. The number of rotatable bonds is 6. The Kier molecular flexibility index (Phi) is 6.41. The van der Waals surface area contributed by atoms with E-state index in [9.17, 15) is 9.18 Å². The first-order valence-corrected chi connectivity index (χ1v) is 9.04. The molecule has 1 aliphatic rings. The molecule has 0 radical (unpaired) electrons. The lowest BCUT2D eigenvalue weighted by Gasteiger charge is -2.23. The second-order valence-electron chi connectivity index (χ2n) is 6.22. The number of carbonyl (C=O) groups excluding carboxylic acids is 1. The van der Waals surface area contributed by atoms with Crippen molar-refractivity contribution in [1.82, 2.24) is 15.6 Å². The van der Waals surface area contributed by atoms with E-state index in [1.807, 2.05) is 0 Å². The molecule has 0 atom stereocenters. The molecule has 0 spiro atoms. The molecule has 2 N–H and O–H groups in total. The molecule has 0 aliphatic carbocycles. The van der Waals surface area contributed by atoms with Crippen LogP contribution in [-0.2, 0) is 6.42 Å². The van der Waals surface area contributed by atoms with E-state index in [2.05, 4.69) is 15.6 Å². The average molecular weight is 378 g/mol. The van der Waals surface area contributed by atoms with Crippen LogP contribution in [0.4, 0.5) is 4.39 Å². The highest BCUT2D eigenvalue weighted by Gasteiger charge is 2.15. The number of carbonyl (C=O) groups is 1. The summed E-state index contributed by atoms with van der Waals surface area (Å²) in [6.45, 7) is 2.26. The van der Waals surface area contributed by atoms with Gasteiger partial charge in [0.25, 0.3) is 5.91 Å². The molecular formula is C19H21ClFN3O2. The van der Waals surface area contributed by atoms with E-state index in [1.165, 1.54) is 18.3 Å². The van der Waals surface area contributed by atoms with Gasteiger partial charge in [-0.15, -0.1) is 0 Å². The molecule has 7 heteroatoms.